The van der Waals surface area contributed by atoms with Gasteiger partial charge in [-0.15, -0.1) is 0 Å². The number of ether oxygens (including phenoxy) is 3. The molecule has 1 fully saturated rings. The van der Waals surface area contributed by atoms with E-state index in [0.717, 1.165) is 18.6 Å². The molecule has 0 atom stereocenters. The van der Waals surface area contributed by atoms with Gasteiger partial charge in [-0.2, -0.15) is 0 Å². The molecule has 4 rings (SSSR count). The Hall–Kier alpha value is -2.97. The van der Waals surface area contributed by atoms with Gasteiger partial charge in [-0.25, -0.2) is 22.0 Å². The van der Waals surface area contributed by atoms with Gasteiger partial charge >= 0.3 is 0 Å². The number of rotatable bonds is 7. The van der Waals surface area contributed by atoms with E-state index in [1.165, 1.54) is 12.1 Å². The van der Waals surface area contributed by atoms with Crippen molar-refractivity contribution in [1.82, 2.24) is 0 Å². The van der Waals surface area contributed by atoms with Gasteiger partial charge in [-0.3, -0.25) is 0 Å². The van der Waals surface area contributed by atoms with Gasteiger partial charge in [0.2, 0.25) is 0 Å². The van der Waals surface area contributed by atoms with Crippen LogP contribution < -0.4 is 4.74 Å². The summed E-state index contributed by atoms with van der Waals surface area (Å²) in [4.78, 5) is 0. The van der Waals surface area contributed by atoms with Crippen LogP contribution in [0, 0.1) is 35.0 Å². The predicted molar refractivity (Wildman–Crippen MR) is 116 cm³/mol. The maximum atomic E-state index is 14.2. The second-order valence-corrected chi connectivity index (χ2v) is 8.19. The van der Waals surface area contributed by atoms with E-state index >= 15 is 0 Å². The summed E-state index contributed by atoms with van der Waals surface area (Å²) >= 11 is 0. The minimum atomic E-state index is -1.51. The van der Waals surface area contributed by atoms with Crippen molar-refractivity contribution >= 4 is 0 Å². The van der Waals surface area contributed by atoms with Gasteiger partial charge in [0, 0.05) is 11.5 Å². The highest BCUT2D eigenvalue weighted by Gasteiger charge is 2.25. The van der Waals surface area contributed by atoms with E-state index in [1.54, 1.807) is 24.3 Å². The van der Waals surface area contributed by atoms with Crippen LogP contribution in [0.25, 0.3) is 11.1 Å². The molecule has 1 saturated heterocycles. The van der Waals surface area contributed by atoms with E-state index in [2.05, 4.69) is 0 Å². The van der Waals surface area contributed by atoms with E-state index in [0.29, 0.717) is 23.1 Å². The molecule has 0 saturated carbocycles. The molecule has 0 aromatic heterocycles. The van der Waals surface area contributed by atoms with Crippen LogP contribution in [0.2, 0.25) is 0 Å². The SMILES string of the molecule is CCCc1cc(F)c(OC[C@H]2CO[C@H](c3ccc(-c4cc(F)c(F)c(F)c4)cc3)OC2)c(F)c1. The Morgan fingerprint density at radius 2 is 1.38 bits per heavy atom. The highest BCUT2D eigenvalue weighted by atomic mass is 19.2. The topological polar surface area (TPSA) is 27.7 Å². The molecule has 0 radical (unpaired) electrons. The standard InChI is InChI=1S/C26H23F5O3/c1-2-3-15-8-22(29)25(23(30)9-15)32-12-16-13-33-26(34-14-16)18-6-4-17(5-7-18)19-10-20(27)24(31)21(28)11-19/h4-11,16,26H,2-3,12-14H2,1H3/t16-,26-. The summed E-state index contributed by atoms with van der Waals surface area (Å²) in [6, 6.07) is 11.0. The van der Waals surface area contributed by atoms with Gasteiger partial charge in [0.1, 0.15) is 0 Å². The number of aryl methyl sites for hydroxylation is 1. The Morgan fingerprint density at radius 1 is 0.794 bits per heavy atom. The molecule has 0 unspecified atom stereocenters. The highest BCUT2D eigenvalue weighted by molar-refractivity contribution is 5.64. The molecular weight excluding hydrogens is 455 g/mol. The van der Waals surface area contributed by atoms with Crippen molar-refractivity contribution in [1.29, 1.82) is 0 Å². The Balaban J connectivity index is 1.33. The Labute approximate surface area is 194 Å². The molecule has 0 N–H and O–H groups in total. The predicted octanol–water partition coefficient (Wildman–Crippen LogP) is 6.74. The van der Waals surface area contributed by atoms with Crippen molar-refractivity contribution in [2.24, 2.45) is 5.92 Å². The maximum Gasteiger partial charge on any atom is 0.194 e. The Morgan fingerprint density at radius 3 is 1.94 bits per heavy atom. The summed E-state index contributed by atoms with van der Waals surface area (Å²) in [6.07, 6.45) is 0.690. The molecule has 3 nitrogen and oxygen atoms in total. The monoisotopic (exact) mass is 478 g/mol. The van der Waals surface area contributed by atoms with Gasteiger partial charge in [-0.05, 0) is 47.4 Å². The zero-order chi connectivity index (χ0) is 24.2. The van der Waals surface area contributed by atoms with Crippen molar-refractivity contribution < 1.29 is 36.2 Å². The van der Waals surface area contributed by atoms with Crippen LogP contribution in [-0.4, -0.2) is 19.8 Å². The van der Waals surface area contributed by atoms with Crippen molar-refractivity contribution in [2.75, 3.05) is 19.8 Å². The average Bonchev–Trinajstić information content (AvgIpc) is 2.82. The van der Waals surface area contributed by atoms with E-state index in [-0.39, 0.29) is 31.3 Å². The number of halogens is 5. The molecule has 8 heteroatoms. The van der Waals surface area contributed by atoms with Gasteiger partial charge in [0.05, 0.1) is 19.8 Å². The smallest absolute Gasteiger partial charge is 0.194 e. The minimum absolute atomic E-state index is 0.0221. The number of benzene rings is 3. The summed E-state index contributed by atoms with van der Waals surface area (Å²) in [5.74, 6) is -6.14. The molecule has 0 bridgehead atoms. The first-order chi connectivity index (χ1) is 16.4. The first kappa shape index (κ1) is 24.2. The van der Waals surface area contributed by atoms with Crippen molar-refractivity contribution in [3.8, 4) is 16.9 Å². The van der Waals surface area contributed by atoms with E-state index in [1.807, 2.05) is 6.92 Å². The molecule has 180 valence electrons. The molecule has 1 aliphatic heterocycles. The molecule has 1 aliphatic rings. The fourth-order valence-corrected chi connectivity index (χ4v) is 3.77. The Bertz CT molecular complexity index is 1100. The van der Waals surface area contributed by atoms with Gasteiger partial charge < -0.3 is 14.2 Å². The van der Waals surface area contributed by atoms with Crippen molar-refractivity contribution in [2.45, 2.75) is 26.1 Å². The van der Waals surface area contributed by atoms with Crippen LogP contribution >= 0.6 is 0 Å². The van der Waals surface area contributed by atoms with E-state index < -0.39 is 41.1 Å². The molecular formula is C26H23F5O3. The summed E-state index contributed by atoms with van der Waals surface area (Å²) < 4.78 is 85.4. The van der Waals surface area contributed by atoms with Crippen LogP contribution in [-0.2, 0) is 15.9 Å². The minimum Gasteiger partial charge on any atom is -0.487 e. The van der Waals surface area contributed by atoms with Crippen LogP contribution in [0.1, 0.15) is 30.8 Å². The van der Waals surface area contributed by atoms with Crippen LogP contribution in [0.4, 0.5) is 22.0 Å². The third-order valence-corrected chi connectivity index (χ3v) is 5.53. The molecule has 34 heavy (non-hydrogen) atoms. The second kappa shape index (κ2) is 10.5. The van der Waals surface area contributed by atoms with E-state index in [4.69, 9.17) is 14.2 Å². The van der Waals surface area contributed by atoms with Gasteiger partial charge in [0.25, 0.3) is 0 Å². The normalized spacial score (nSPS) is 18.2. The molecule has 0 amide bonds. The van der Waals surface area contributed by atoms with Gasteiger partial charge in [-0.1, -0.05) is 37.6 Å². The molecule has 0 aliphatic carbocycles. The van der Waals surface area contributed by atoms with Crippen LogP contribution in [0.5, 0.6) is 5.75 Å². The fourth-order valence-electron chi connectivity index (χ4n) is 3.77. The molecule has 0 spiro atoms. The third kappa shape index (κ3) is 5.39. The lowest BCUT2D eigenvalue weighted by Crippen LogP contribution is -2.31. The summed E-state index contributed by atoms with van der Waals surface area (Å²) in [5, 5.41) is 0. The molecule has 3 aromatic rings. The summed E-state index contributed by atoms with van der Waals surface area (Å²) in [7, 11) is 0. The van der Waals surface area contributed by atoms with E-state index in [9.17, 15) is 22.0 Å². The summed E-state index contributed by atoms with van der Waals surface area (Å²) in [5.41, 5.74) is 1.96. The largest absolute Gasteiger partial charge is 0.487 e. The van der Waals surface area contributed by atoms with Crippen LogP contribution in [0.15, 0.2) is 48.5 Å². The third-order valence-electron chi connectivity index (χ3n) is 5.53. The lowest BCUT2D eigenvalue weighted by Gasteiger charge is -2.29. The van der Waals surface area contributed by atoms with Crippen LogP contribution in [0.3, 0.4) is 0 Å². The number of hydrogen-bond donors (Lipinski definition) is 0. The maximum absolute atomic E-state index is 14.2. The Kier molecular flexibility index (Phi) is 7.48. The number of hydrogen-bond acceptors (Lipinski definition) is 3. The first-order valence-corrected chi connectivity index (χ1v) is 10.9. The average molecular weight is 478 g/mol. The van der Waals surface area contributed by atoms with Gasteiger partial charge in [0.15, 0.2) is 41.1 Å². The quantitative estimate of drug-likeness (QED) is 0.278. The highest BCUT2D eigenvalue weighted by Crippen LogP contribution is 2.30. The van der Waals surface area contributed by atoms with Crippen molar-refractivity contribution in [3.63, 3.8) is 0 Å². The fraction of sp³-hybridized carbons (Fsp3) is 0.308. The zero-order valence-corrected chi connectivity index (χ0v) is 18.4. The molecule has 3 aromatic carbocycles. The first-order valence-electron chi connectivity index (χ1n) is 10.9. The summed E-state index contributed by atoms with van der Waals surface area (Å²) in [6.45, 7) is 2.45. The lowest BCUT2D eigenvalue weighted by molar-refractivity contribution is -0.208. The zero-order valence-electron chi connectivity index (χ0n) is 18.4. The van der Waals surface area contributed by atoms with Crippen molar-refractivity contribution in [3.05, 3.63) is 88.7 Å². The lowest BCUT2D eigenvalue weighted by atomic mass is 10.0. The second-order valence-electron chi connectivity index (χ2n) is 8.19. The molecule has 1 heterocycles.